The second kappa shape index (κ2) is 18.7. The maximum Gasteiger partial charge on any atom is 0.136 e. The van der Waals surface area contributed by atoms with Crippen molar-refractivity contribution in [2.75, 3.05) is 0 Å². The first-order valence-electron chi connectivity index (χ1n) is 23.9. The fraction of sp³-hybridized carbons (Fsp3) is 0.242. The Morgan fingerprint density at radius 2 is 1.28 bits per heavy atom. The van der Waals surface area contributed by atoms with Gasteiger partial charge in [-0.25, -0.2) is 0 Å². The van der Waals surface area contributed by atoms with Crippen molar-refractivity contribution in [3.05, 3.63) is 180 Å². The van der Waals surface area contributed by atoms with Gasteiger partial charge in [0.2, 0.25) is 0 Å². The summed E-state index contributed by atoms with van der Waals surface area (Å²) in [6.45, 7) is 22.6. The molecule has 0 spiro atoms. The van der Waals surface area contributed by atoms with Crippen molar-refractivity contribution in [3.8, 4) is 39.6 Å². The van der Waals surface area contributed by atoms with Gasteiger partial charge in [0.25, 0.3) is 0 Å². The van der Waals surface area contributed by atoms with E-state index in [1.807, 2.05) is 54.7 Å². The largest absolute Gasteiger partial charge is 0.501 e. The first kappa shape index (κ1) is 47.4. The zero-order valence-corrected chi connectivity index (χ0v) is 43.6. The molecule has 0 aliphatic carbocycles. The molecule has 0 fully saturated rings. The summed E-state index contributed by atoms with van der Waals surface area (Å²) in [5, 5.41) is 4.17. The average molecular weight is 1080 g/mol. The van der Waals surface area contributed by atoms with Crippen LogP contribution in [0.5, 0.6) is 0 Å². The summed E-state index contributed by atoms with van der Waals surface area (Å²) in [6, 6.07) is 55.2. The maximum absolute atomic E-state index is 6.87. The third-order valence-corrected chi connectivity index (χ3v) is 12.8. The van der Waals surface area contributed by atoms with Gasteiger partial charge >= 0.3 is 0 Å². The Hall–Kier alpha value is -6.66. The van der Waals surface area contributed by atoms with Gasteiger partial charge in [-0.3, -0.25) is 15.0 Å². The number of aromatic nitrogens is 4. The zero-order chi connectivity index (χ0) is 47.5. The minimum atomic E-state index is 0. The molecule has 349 valence electrons. The topological polar surface area (TPSA) is 69.9 Å². The molecule has 0 bridgehead atoms. The Morgan fingerprint density at radius 3 is 1.96 bits per heavy atom. The summed E-state index contributed by atoms with van der Waals surface area (Å²) in [4.78, 5) is 14.3. The van der Waals surface area contributed by atoms with Gasteiger partial charge in [0.1, 0.15) is 16.7 Å². The number of para-hydroxylation sites is 2. The summed E-state index contributed by atoms with van der Waals surface area (Å²) in [6.07, 6.45) is 2.72. The molecule has 0 unspecified atom stereocenters. The molecular formula is C62H58IrN4O2-2. The fourth-order valence-corrected chi connectivity index (χ4v) is 9.47. The maximum atomic E-state index is 6.87. The van der Waals surface area contributed by atoms with Crippen molar-refractivity contribution >= 4 is 54.9 Å². The van der Waals surface area contributed by atoms with Gasteiger partial charge in [0, 0.05) is 59.3 Å². The first-order chi connectivity index (χ1) is 32.6. The van der Waals surface area contributed by atoms with Crippen LogP contribution in [0.15, 0.2) is 155 Å². The number of benzene rings is 7. The van der Waals surface area contributed by atoms with Crippen LogP contribution in [0.4, 0.5) is 0 Å². The third kappa shape index (κ3) is 9.19. The van der Waals surface area contributed by atoms with Crippen LogP contribution in [0.1, 0.15) is 103 Å². The van der Waals surface area contributed by atoms with E-state index in [4.69, 9.17) is 13.8 Å². The van der Waals surface area contributed by atoms with E-state index in [0.29, 0.717) is 0 Å². The zero-order valence-electron chi connectivity index (χ0n) is 41.2. The van der Waals surface area contributed by atoms with E-state index in [1.165, 1.54) is 33.5 Å². The monoisotopic (exact) mass is 1080 g/mol. The number of fused-ring (bicyclic) bond motifs is 7. The molecule has 4 heterocycles. The van der Waals surface area contributed by atoms with Crippen LogP contribution in [0.3, 0.4) is 0 Å². The van der Waals surface area contributed by atoms with Crippen molar-refractivity contribution < 1.29 is 28.9 Å². The van der Waals surface area contributed by atoms with Crippen LogP contribution in [-0.2, 0) is 31.9 Å². The van der Waals surface area contributed by atoms with Crippen molar-refractivity contribution in [3.63, 3.8) is 0 Å². The van der Waals surface area contributed by atoms with E-state index in [2.05, 4.69) is 187 Å². The van der Waals surface area contributed by atoms with Crippen LogP contribution in [0.25, 0.3) is 94.5 Å². The molecule has 0 saturated heterocycles. The molecule has 4 aromatic heterocycles. The van der Waals surface area contributed by atoms with E-state index in [-0.39, 0.29) is 42.8 Å². The minimum absolute atomic E-state index is 0. The summed E-state index contributed by atoms with van der Waals surface area (Å²) < 4.78 is 15.6. The first-order valence-corrected chi connectivity index (χ1v) is 23.9. The van der Waals surface area contributed by atoms with Gasteiger partial charge < -0.3 is 13.4 Å². The normalized spacial score (nSPS) is 12.1. The number of furan rings is 2. The quantitative estimate of drug-likeness (QED) is 0.149. The van der Waals surface area contributed by atoms with Gasteiger partial charge in [-0.1, -0.05) is 141 Å². The number of imidazole rings is 1. The molecule has 69 heavy (non-hydrogen) atoms. The summed E-state index contributed by atoms with van der Waals surface area (Å²) in [7, 11) is 0. The molecule has 1 radical (unpaired) electrons. The molecule has 7 aromatic carbocycles. The van der Waals surface area contributed by atoms with Gasteiger partial charge in [0.05, 0.1) is 28.3 Å². The van der Waals surface area contributed by atoms with Crippen LogP contribution in [-0.4, -0.2) is 19.5 Å². The molecule has 0 N–H and O–H groups in total. The Labute approximate surface area is 419 Å². The predicted molar refractivity (Wildman–Crippen MR) is 282 cm³/mol. The fourth-order valence-electron chi connectivity index (χ4n) is 9.47. The SMILES string of the molecule is CC(C)(C)c1ccnc(-c2[c-]cccc2)n1.CC(C)c1cc(-c2ccccc2)cc(C(C)C)c1-n1c(-c2[c-]ccc3c2oc2cc4c(cc23)oc2ccccc24)nc2cccc(CC(C)(C)C)c21.[Ir]. The molecule has 0 aliphatic heterocycles. The molecule has 11 rings (SSSR count). The van der Waals surface area contributed by atoms with Crippen molar-refractivity contribution in [2.24, 2.45) is 5.41 Å². The van der Waals surface area contributed by atoms with Gasteiger partial charge in [-0.2, -0.15) is 0 Å². The minimum Gasteiger partial charge on any atom is -0.501 e. The molecular weight excluding hydrogens is 1020 g/mol. The van der Waals surface area contributed by atoms with E-state index in [1.54, 1.807) is 0 Å². The number of hydrogen-bond donors (Lipinski definition) is 0. The van der Waals surface area contributed by atoms with E-state index < -0.39 is 0 Å². The van der Waals surface area contributed by atoms with Crippen molar-refractivity contribution in [2.45, 2.75) is 92.9 Å². The standard InChI is InChI=1S/C48H43N2O2.C14H15N2.Ir/c1-28(2)36-23-32(30-15-9-8-10-16-30)24-37(29(3)4)45(36)50-44-31(27-48(5,6)7)17-13-21-40(44)49-47(50)35-20-14-19-34-39-26-42-38(25-43(39)52-46(34)35)33-18-11-12-22-41(33)51-42;1-14(2,3)12-9-10-15-13(16-12)11-7-5-4-6-8-11;/h8-19,21-26,28-29H,27H2,1-7H3;4-7,9-10H,1-3H3;/q2*-1;. The van der Waals surface area contributed by atoms with Gasteiger partial charge in [-0.05, 0) is 94.0 Å². The van der Waals surface area contributed by atoms with Gasteiger partial charge in [-0.15, -0.1) is 54.1 Å². The van der Waals surface area contributed by atoms with E-state index in [0.717, 1.165) is 89.8 Å². The van der Waals surface area contributed by atoms with E-state index in [9.17, 15) is 0 Å². The number of hydrogen-bond acceptors (Lipinski definition) is 5. The van der Waals surface area contributed by atoms with Crippen molar-refractivity contribution in [1.29, 1.82) is 0 Å². The summed E-state index contributed by atoms with van der Waals surface area (Å²) in [5.41, 5.74) is 15.9. The van der Waals surface area contributed by atoms with Gasteiger partial charge in [0.15, 0.2) is 0 Å². The average Bonchev–Trinajstić information content (AvgIpc) is 4.02. The second-order valence-electron chi connectivity index (χ2n) is 20.9. The molecule has 0 atom stereocenters. The Balaban J connectivity index is 0.000000296. The molecule has 7 heteroatoms. The molecule has 0 saturated carbocycles. The van der Waals surface area contributed by atoms with Crippen molar-refractivity contribution in [1.82, 2.24) is 19.5 Å². The summed E-state index contributed by atoms with van der Waals surface area (Å²) >= 11 is 0. The van der Waals surface area contributed by atoms with Crippen LogP contribution in [0.2, 0.25) is 0 Å². The van der Waals surface area contributed by atoms with Crippen LogP contribution < -0.4 is 0 Å². The number of rotatable bonds is 7. The van der Waals surface area contributed by atoms with Crippen LogP contribution >= 0.6 is 0 Å². The second-order valence-corrected chi connectivity index (χ2v) is 20.9. The molecule has 0 aliphatic rings. The molecule has 6 nitrogen and oxygen atoms in total. The Kier molecular flexibility index (Phi) is 12.8. The molecule has 11 aromatic rings. The van der Waals surface area contributed by atoms with Crippen LogP contribution in [0, 0.1) is 17.5 Å². The molecule has 0 amide bonds. The smallest absolute Gasteiger partial charge is 0.136 e. The third-order valence-electron chi connectivity index (χ3n) is 12.8. The number of nitrogens with zero attached hydrogens (tertiary/aromatic N) is 4. The summed E-state index contributed by atoms with van der Waals surface area (Å²) in [5.74, 6) is 2.10. The van der Waals surface area contributed by atoms with E-state index >= 15 is 0 Å². The Morgan fingerprint density at radius 1 is 0.594 bits per heavy atom. The Bertz CT molecular complexity index is 3590. The predicted octanol–water partition coefficient (Wildman–Crippen LogP) is 17.0.